The Morgan fingerprint density at radius 2 is 1.94 bits per heavy atom. The van der Waals surface area contributed by atoms with Crippen LogP contribution in [0.25, 0.3) is 11.0 Å². The van der Waals surface area contributed by atoms with E-state index in [0.717, 1.165) is 54.8 Å². The number of aryl methyl sites for hydroxylation is 1. The van der Waals surface area contributed by atoms with Crippen LogP contribution in [0.4, 0.5) is 10.1 Å². The van der Waals surface area contributed by atoms with Crippen molar-refractivity contribution in [1.82, 2.24) is 30.3 Å². The van der Waals surface area contributed by atoms with Gasteiger partial charge in [0.05, 0.1) is 16.7 Å². The van der Waals surface area contributed by atoms with Crippen molar-refractivity contribution in [1.29, 1.82) is 0 Å². The van der Waals surface area contributed by atoms with E-state index < -0.39 is 5.95 Å². The predicted molar refractivity (Wildman–Crippen MR) is 127 cm³/mol. The molecule has 178 valence electrons. The molecule has 0 saturated carbocycles. The molecule has 0 unspecified atom stereocenters. The SMILES string of the molecule is CCc1cc2ncc(CN3CCN(c4ccc(C(=O)NN5CCC5)nc4F)CC3)cc2[nH]c1=O. The number of halogens is 1. The monoisotopic (exact) mass is 465 g/mol. The van der Waals surface area contributed by atoms with E-state index in [1.54, 1.807) is 17.1 Å². The van der Waals surface area contributed by atoms with Crippen LogP contribution >= 0.6 is 0 Å². The van der Waals surface area contributed by atoms with Gasteiger partial charge in [-0.1, -0.05) is 6.92 Å². The number of pyridine rings is 3. The highest BCUT2D eigenvalue weighted by atomic mass is 19.1. The minimum Gasteiger partial charge on any atom is -0.365 e. The molecule has 5 heterocycles. The topological polar surface area (TPSA) is 97.5 Å². The number of nitrogens with zero attached hydrogens (tertiary/aromatic N) is 5. The molecule has 9 nitrogen and oxygen atoms in total. The lowest BCUT2D eigenvalue weighted by Gasteiger charge is -2.36. The average Bonchev–Trinajstić information content (AvgIpc) is 2.81. The Morgan fingerprint density at radius 3 is 2.62 bits per heavy atom. The average molecular weight is 466 g/mol. The first-order valence-electron chi connectivity index (χ1n) is 11.7. The molecule has 3 aromatic rings. The molecule has 0 bridgehead atoms. The Bertz CT molecular complexity index is 1270. The van der Waals surface area contributed by atoms with Gasteiger partial charge in [-0.05, 0) is 42.7 Å². The first-order valence-corrected chi connectivity index (χ1v) is 11.7. The van der Waals surface area contributed by atoms with E-state index >= 15 is 0 Å². The summed E-state index contributed by atoms with van der Waals surface area (Å²) >= 11 is 0. The van der Waals surface area contributed by atoms with E-state index in [0.29, 0.717) is 31.7 Å². The van der Waals surface area contributed by atoms with Crippen LogP contribution in [0.1, 0.15) is 35.0 Å². The smallest absolute Gasteiger partial charge is 0.284 e. The van der Waals surface area contributed by atoms with Crippen molar-refractivity contribution >= 4 is 22.6 Å². The maximum atomic E-state index is 14.7. The summed E-state index contributed by atoms with van der Waals surface area (Å²) in [4.78, 5) is 39.9. The molecule has 0 aromatic carbocycles. The Labute approximate surface area is 196 Å². The molecule has 2 fully saturated rings. The maximum Gasteiger partial charge on any atom is 0.284 e. The van der Waals surface area contributed by atoms with Gasteiger partial charge in [0, 0.05) is 57.6 Å². The molecule has 3 aromatic heterocycles. The minimum atomic E-state index is -0.626. The molecule has 0 aliphatic carbocycles. The summed E-state index contributed by atoms with van der Waals surface area (Å²) in [5.74, 6) is -1.01. The summed E-state index contributed by atoms with van der Waals surface area (Å²) in [6, 6.07) is 7.03. The van der Waals surface area contributed by atoms with Gasteiger partial charge < -0.3 is 9.88 Å². The van der Waals surface area contributed by atoms with Crippen LogP contribution in [-0.4, -0.2) is 70.0 Å². The predicted octanol–water partition coefficient (Wildman–Crippen LogP) is 1.69. The van der Waals surface area contributed by atoms with Crippen molar-refractivity contribution in [3.8, 4) is 0 Å². The van der Waals surface area contributed by atoms with E-state index in [1.807, 2.05) is 30.2 Å². The fraction of sp³-hybridized carbons (Fsp3) is 0.417. The Balaban J connectivity index is 1.20. The Hall–Kier alpha value is -3.37. The van der Waals surface area contributed by atoms with Gasteiger partial charge >= 0.3 is 0 Å². The van der Waals surface area contributed by atoms with Crippen LogP contribution in [0, 0.1) is 5.95 Å². The van der Waals surface area contributed by atoms with Crippen LogP contribution in [0.5, 0.6) is 0 Å². The number of anilines is 1. The number of amides is 1. The first-order chi connectivity index (χ1) is 16.5. The molecular formula is C24H28FN7O2. The molecule has 1 amide bonds. The number of hydrogen-bond donors (Lipinski definition) is 2. The molecule has 2 saturated heterocycles. The molecule has 2 N–H and O–H groups in total. The molecule has 5 rings (SSSR count). The second kappa shape index (κ2) is 9.47. The highest BCUT2D eigenvalue weighted by Crippen LogP contribution is 2.21. The van der Waals surface area contributed by atoms with Crippen molar-refractivity contribution in [3.63, 3.8) is 0 Å². The highest BCUT2D eigenvalue weighted by molar-refractivity contribution is 5.92. The first kappa shape index (κ1) is 22.4. The largest absolute Gasteiger partial charge is 0.365 e. The number of aromatic amines is 1. The number of nitrogens with one attached hydrogen (secondary N) is 2. The standard InChI is InChI=1S/C24H28FN7O2/c1-2-17-13-19-20(28-23(17)33)12-16(14-26-19)15-30-8-10-31(11-9-30)21-5-4-18(27-22(21)25)24(34)29-32-6-3-7-32/h4-5,12-14H,2-3,6-11,15H2,1H3,(H,28,33)(H,29,34). The third-order valence-electron chi connectivity index (χ3n) is 6.50. The normalized spacial score (nSPS) is 17.1. The fourth-order valence-corrected chi connectivity index (χ4v) is 4.34. The zero-order chi connectivity index (χ0) is 23.7. The fourth-order valence-electron chi connectivity index (χ4n) is 4.34. The highest BCUT2D eigenvalue weighted by Gasteiger charge is 2.23. The van der Waals surface area contributed by atoms with Gasteiger partial charge in [-0.15, -0.1) is 0 Å². The second-order valence-corrected chi connectivity index (χ2v) is 8.80. The zero-order valence-electron chi connectivity index (χ0n) is 19.2. The third-order valence-corrected chi connectivity index (χ3v) is 6.50. The molecule has 2 aliphatic heterocycles. The van der Waals surface area contributed by atoms with Gasteiger partial charge in [-0.2, -0.15) is 4.39 Å². The number of fused-ring (bicyclic) bond motifs is 1. The summed E-state index contributed by atoms with van der Waals surface area (Å²) in [5.41, 5.74) is 6.44. The summed E-state index contributed by atoms with van der Waals surface area (Å²) in [5, 5.41) is 1.79. The van der Waals surface area contributed by atoms with Gasteiger partial charge in [0.15, 0.2) is 0 Å². The summed E-state index contributed by atoms with van der Waals surface area (Å²) in [7, 11) is 0. The summed E-state index contributed by atoms with van der Waals surface area (Å²) in [6.07, 6.45) is 3.56. The minimum absolute atomic E-state index is 0.0674. The Kier molecular flexibility index (Phi) is 6.25. The van der Waals surface area contributed by atoms with Gasteiger partial charge in [0.25, 0.3) is 11.5 Å². The molecule has 2 aliphatic rings. The Morgan fingerprint density at radius 1 is 1.15 bits per heavy atom. The lowest BCUT2D eigenvalue weighted by atomic mass is 10.1. The lowest BCUT2D eigenvalue weighted by molar-refractivity contribution is 0.0636. The van der Waals surface area contributed by atoms with Crippen molar-refractivity contribution in [2.75, 3.05) is 44.2 Å². The van der Waals surface area contributed by atoms with E-state index in [2.05, 4.69) is 25.3 Å². The third kappa shape index (κ3) is 4.64. The second-order valence-electron chi connectivity index (χ2n) is 8.80. The van der Waals surface area contributed by atoms with Gasteiger partial charge in [0.1, 0.15) is 5.69 Å². The molecule has 0 radical (unpaired) electrons. The van der Waals surface area contributed by atoms with Gasteiger partial charge in [-0.25, -0.2) is 9.99 Å². The van der Waals surface area contributed by atoms with Crippen LogP contribution in [0.15, 0.2) is 35.3 Å². The van der Waals surface area contributed by atoms with Crippen LogP contribution in [-0.2, 0) is 13.0 Å². The van der Waals surface area contributed by atoms with E-state index in [4.69, 9.17) is 0 Å². The zero-order valence-corrected chi connectivity index (χ0v) is 19.2. The van der Waals surface area contributed by atoms with Crippen LogP contribution < -0.4 is 15.9 Å². The number of carbonyl (C=O) groups is 1. The van der Waals surface area contributed by atoms with Crippen molar-refractivity contribution in [3.05, 3.63) is 63.6 Å². The summed E-state index contributed by atoms with van der Waals surface area (Å²) in [6.45, 7) is 7.06. The summed E-state index contributed by atoms with van der Waals surface area (Å²) < 4.78 is 14.7. The number of piperazine rings is 1. The number of carbonyl (C=O) groups excluding carboxylic acids is 1. The molecule has 0 spiro atoms. The van der Waals surface area contributed by atoms with Crippen LogP contribution in [0.2, 0.25) is 0 Å². The molecular weight excluding hydrogens is 437 g/mol. The van der Waals surface area contributed by atoms with Crippen molar-refractivity contribution in [2.24, 2.45) is 0 Å². The van der Waals surface area contributed by atoms with E-state index in [1.165, 1.54) is 0 Å². The van der Waals surface area contributed by atoms with Crippen molar-refractivity contribution < 1.29 is 9.18 Å². The molecule has 34 heavy (non-hydrogen) atoms. The van der Waals surface area contributed by atoms with E-state index in [-0.39, 0.29) is 17.2 Å². The number of H-pyrrole nitrogens is 1. The quantitative estimate of drug-likeness (QED) is 0.535. The maximum absolute atomic E-state index is 14.7. The number of aromatic nitrogens is 3. The van der Waals surface area contributed by atoms with Gasteiger partial charge in [-0.3, -0.25) is 24.9 Å². The molecule has 0 atom stereocenters. The molecule has 10 heteroatoms. The van der Waals surface area contributed by atoms with Crippen LogP contribution in [0.3, 0.4) is 0 Å². The van der Waals surface area contributed by atoms with Gasteiger partial charge in [0.2, 0.25) is 5.95 Å². The number of rotatable bonds is 6. The number of hydrogen-bond acceptors (Lipinski definition) is 7. The lowest BCUT2D eigenvalue weighted by Crippen LogP contribution is -2.50. The van der Waals surface area contributed by atoms with E-state index in [9.17, 15) is 14.0 Å². The van der Waals surface area contributed by atoms with Crippen molar-refractivity contribution in [2.45, 2.75) is 26.3 Å². The number of hydrazine groups is 1.